The first kappa shape index (κ1) is 17.6. The Morgan fingerprint density at radius 2 is 1.76 bits per heavy atom. The maximum Gasteiger partial charge on any atom is 0.321 e. The fraction of sp³-hybridized carbons (Fsp3) is 0.350. The molecule has 1 fully saturated rings. The van der Waals surface area contributed by atoms with Crippen LogP contribution in [0, 0.1) is 0 Å². The summed E-state index contributed by atoms with van der Waals surface area (Å²) in [5.74, 6) is 0.486. The summed E-state index contributed by atoms with van der Waals surface area (Å²) in [6, 6.07) is 15.7. The number of hydrogen-bond donors (Lipinski definition) is 1. The van der Waals surface area contributed by atoms with Crippen LogP contribution in [0.3, 0.4) is 0 Å². The molecule has 2 aromatic carbocycles. The minimum Gasteiger partial charge on any atom is -0.368 e. The van der Waals surface area contributed by atoms with Crippen molar-refractivity contribution < 1.29 is 4.79 Å². The topological polar surface area (TPSA) is 35.6 Å². The van der Waals surface area contributed by atoms with Gasteiger partial charge in [-0.25, -0.2) is 4.79 Å². The third-order valence-electron chi connectivity index (χ3n) is 4.54. The van der Waals surface area contributed by atoms with E-state index in [2.05, 4.69) is 48.3 Å². The summed E-state index contributed by atoms with van der Waals surface area (Å²) in [5.41, 5.74) is 3.37. The van der Waals surface area contributed by atoms with Gasteiger partial charge in [0.25, 0.3) is 0 Å². The van der Waals surface area contributed by atoms with E-state index in [1.165, 1.54) is 11.3 Å². The van der Waals surface area contributed by atoms with Gasteiger partial charge < -0.3 is 15.1 Å². The molecule has 1 N–H and O–H groups in total. The van der Waals surface area contributed by atoms with Crippen LogP contribution in [-0.4, -0.2) is 37.1 Å². The number of carbonyl (C=O) groups is 1. The number of benzene rings is 2. The fourth-order valence-corrected chi connectivity index (χ4v) is 3.37. The van der Waals surface area contributed by atoms with Crippen molar-refractivity contribution in [3.05, 3.63) is 59.1 Å². The number of rotatable bonds is 3. The molecule has 0 spiro atoms. The first-order valence-corrected chi connectivity index (χ1v) is 9.08. The third-order valence-corrected chi connectivity index (χ3v) is 4.78. The molecule has 0 bridgehead atoms. The molecule has 0 aromatic heterocycles. The molecule has 0 saturated carbocycles. The second-order valence-corrected chi connectivity index (χ2v) is 7.06. The average molecular weight is 358 g/mol. The lowest BCUT2D eigenvalue weighted by molar-refractivity contribution is 0.208. The quantitative estimate of drug-likeness (QED) is 0.854. The van der Waals surface area contributed by atoms with E-state index in [1.54, 1.807) is 12.1 Å². The van der Waals surface area contributed by atoms with Crippen LogP contribution in [0.4, 0.5) is 16.2 Å². The zero-order valence-corrected chi connectivity index (χ0v) is 15.5. The van der Waals surface area contributed by atoms with Crippen LogP contribution < -0.4 is 10.2 Å². The van der Waals surface area contributed by atoms with Crippen molar-refractivity contribution in [3.63, 3.8) is 0 Å². The van der Waals surface area contributed by atoms with Gasteiger partial charge in [0.1, 0.15) is 0 Å². The zero-order chi connectivity index (χ0) is 17.8. The van der Waals surface area contributed by atoms with E-state index in [1.807, 2.05) is 17.0 Å². The number of para-hydroxylation sites is 1. The minimum absolute atomic E-state index is 0.0703. The Labute approximate surface area is 154 Å². The fourth-order valence-electron chi connectivity index (χ4n) is 3.18. The molecule has 0 atom stereocenters. The first-order chi connectivity index (χ1) is 12.0. The van der Waals surface area contributed by atoms with E-state index in [0.29, 0.717) is 24.0 Å². The average Bonchev–Trinajstić information content (AvgIpc) is 2.62. The predicted molar refractivity (Wildman–Crippen MR) is 105 cm³/mol. The van der Waals surface area contributed by atoms with Crippen LogP contribution in [0.25, 0.3) is 0 Å². The molecule has 4 nitrogen and oxygen atoms in total. The van der Waals surface area contributed by atoms with E-state index in [4.69, 9.17) is 11.6 Å². The highest BCUT2D eigenvalue weighted by Gasteiger charge is 2.23. The van der Waals surface area contributed by atoms with E-state index in [-0.39, 0.29) is 6.03 Å². The van der Waals surface area contributed by atoms with Crippen molar-refractivity contribution >= 4 is 29.0 Å². The van der Waals surface area contributed by atoms with Crippen molar-refractivity contribution in [2.24, 2.45) is 0 Å². The summed E-state index contributed by atoms with van der Waals surface area (Å²) in [7, 11) is 0. The molecule has 2 amide bonds. The standard InChI is InChI=1S/C20H24ClN3O/c1-15(2)18-8-3-4-9-19(18)23-10-12-24(13-11-23)20(25)22-17-7-5-6-16(21)14-17/h3-9,14-15H,10-13H2,1-2H3,(H,22,25). The second kappa shape index (κ2) is 7.79. The van der Waals surface area contributed by atoms with Crippen LogP contribution in [-0.2, 0) is 0 Å². The highest BCUT2D eigenvalue weighted by Crippen LogP contribution is 2.28. The Bertz CT molecular complexity index is 739. The highest BCUT2D eigenvalue weighted by molar-refractivity contribution is 6.30. The number of piperazine rings is 1. The Kier molecular flexibility index (Phi) is 5.49. The van der Waals surface area contributed by atoms with Gasteiger partial charge in [0, 0.05) is 42.6 Å². The smallest absolute Gasteiger partial charge is 0.321 e. The Morgan fingerprint density at radius 1 is 1.04 bits per heavy atom. The lowest BCUT2D eigenvalue weighted by Gasteiger charge is -2.37. The summed E-state index contributed by atoms with van der Waals surface area (Å²) in [6.45, 7) is 7.53. The van der Waals surface area contributed by atoms with Gasteiger partial charge in [0.15, 0.2) is 0 Å². The monoisotopic (exact) mass is 357 g/mol. The van der Waals surface area contributed by atoms with Gasteiger partial charge in [-0.15, -0.1) is 0 Å². The van der Waals surface area contributed by atoms with Crippen LogP contribution in [0.15, 0.2) is 48.5 Å². The molecule has 25 heavy (non-hydrogen) atoms. The van der Waals surface area contributed by atoms with Crippen LogP contribution in [0.2, 0.25) is 5.02 Å². The molecule has 3 rings (SSSR count). The predicted octanol–water partition coefficient (Wildman–Crippen LogP) is 4.82. The molecule has 0 radical (unpaired) electrons. The van der Waals surface area contributed by atoms with Gasteiger partial charge in [-0.1, -0.05) is 49.7 Å². The number of halogens is 1. The van der Waals surface area contributed by atoms with Gasteiger partial charge in [0.05, 0.1) is 0 Å². The molecule has 5 heteroatoms. The zero-order valence-electron chi connectivity index (χ0n) is 14.7. The van der Waals surface area contributed by atoms with Crippen molar-refractivity contribution in [1.29, 1.82) is 0 Å². The molecule has 0 aliphatic carbocycles. The van der Waals surface area contributed by atoms with Gasteiger partial charge in [-0.3, -0.25) is 0 Å². The maximum absolute atomic E-state index is 12.5. The molecule has 132 valence electrons. The third kappa shape index (κ3) is 4.26. The maximum atomic E-state index is 12.5. The first-order valence-electron chi connectivity index (χ1n) is 8.70. The van der Waals surface area contributed by atoms with Crippen molar-refractivity contribution in [1.82, 2.24) is 4.90 Å². The lowest BCUT2D eigenvalue weighted by atomic mass is 10.00. The van der Waals surface area contributed by atoms with Crippen LogP contribution >= 0.6 is 11.6 Å². The second-order valence-electron chi connectivity index (χ2n) is 6.63. The van der Waals surface area contributed by atoms with Crippen molar-refractivity contribution in [2.45, 2.75) is 19.8 Å². The number of nitrogens with zero attached hydrogens (tertiary/aromatic N) is 2. The molecule has 1 aliphatic heterocycles. The summed E-state index contributed by atoms with van der Waals surface area (Å²) >= 11 is 5.97. The van der Waals surface area contributed by atoms with Crippen LogP contribution in [0.5, 0.6) is 0 Å². The summed E-state index contributed by atoms with van der Waals surface area (Å²) in [4.78, 5) is 16.7. The van der Waals surface area contributed by atoms with Gasteiger partial charge in [-0.2, -0.15) is 0 Å². The normalized spacial score (nSPS) is 14.7. The Balaban J connectivity index is 1.61. The molecule has 1 aliphatic rings. The van der Waals surface area contributed by atoms with Gasteiger partial charge in [-0.05, 0) is 35.7 Å². The number of urea groups is 1. The summed E-state index contributed by atoms with van der Waals surface area (Å²) in [5, 5.41) is 3.54. The van der Waals surface area contributed by atoms with E-state index >= 15 is 0 Å². The van der Waals surface area contributed by atoms with Gasteiger partial charge >= 0.3 is 6.03 Å². The highest BCUT2D eigenvalue weighted by atomic mass is 35.5. The molecular formula is C20H24ClN3O. The number of anilines is 2. The SMILES string of the molecule is CC(C)c1ccccc1N1CCN(C(=O)Nc2cccc(Cl)c2)CC1. The van der Waals surface area contributed by atoms with Crippen molar-refractivity contribution in [2.75, 3.05) is 36.4 Å². The largest absolute Gasteiger partial charge is 0.368 e. The van der Waals surface area contributed by atoms with E-state index in [9.17, 15) is 4.79 Å². The molecule has 0 unspecified atom stereocenters. The van der Waals surface area contributed by atoms with E-state index in [0.717, 1.165) is 18.8 Å². The Morgan fingerprint density at radius 3 is 2.44 bits per heavy atom. The summed E-state index contributed by atoms with van der Waals surface area (Å²) in [6.07, 6.45) is 0. The number of nitrogens with one attached hydrogen (secondary N) is 1. The number of amides is 2. The number of hydrogen-bond acceptors (Lipinski definition) is 2. The van der Waals surface area contributed by atoms with Gasteiger partial charge in [0.2, 0.25) is 0 Å². The van der Waals surface area contributed by atoms with Crippen LogP contribution in [0.1, 0.15) is 25.3 Å². The van der Waals surface area contributed by atoms with Crippen molar-refractivity contribution in [3.8, 4) is 0 Å². The lowest BCUT2D eigenvalue weighted by Crippen LogP contribution is -2.50. The molecule has 1 heterocycles. The summed E-state index contributed by atoms with van der Waals surface area (Å²) < 4.78 is 0. The molecular weight excluding hydrogens is 334 g/mol. The minimum atomic E-state index is -0.0703. The molecule has 1 saturated heterocycles. The van der Waals surface area contributed by atoms with E-state index < -0.39 is 0 Å². The molecule has 2 aromatic rings. The number of carbonyl (C=O) groups excluding carboxylic acids is 1. The Hall–Kier alpha value is -2.20.